The van der Waals surface area contributed by atoms with Crippen LogP contribution in [0, 0.1) is 6.92 Å². The number of hydrogen-bond donors (Lipinski definition) is 4. The van der Waals surface area contributed by atoms with Crippen molar-refractivity contribution in [2.75, 3.05) is 11.9 Å². The number of carbonyl (C=O) groups is 2. The second-order valence-corrected chi connectivity index (χ2v) is 6.69. The average molecular weight is 339 g/mol. The van der Waals surface area contributed by atoms with Crippen LogP contribution in [0.3, 0.4) is 0 Å². The van der Waals surface area contributed by atoms with Crippen molar-refractivity contribution in [1.29, 1.82) is 0 Å². The first kappa shape index (κ1) is 15.8. The summed E-state index contributed by atoms with van der Waals surface area (Å²) in [5.74, 6) is -0.358. The zero-order valence-corrected chi connectivity index (χ0v) is 14.1. The van der Waals surface area contributed by atoms with Gasteiger partial charge in [0.25, 0.3) is 11.8 Å². The first-order chi connectivity index (χ1) is 12.1. The molecule has 1 saturated carbocycles. The zero-order chi connectivity index (χ0) is 17.4. The van der Waals surface area contributed by atoms with Crippen molar-refractivity contribution in [2.24, 2.45) is 0 Å². The Morgan fingerprint density at radius 3 is 2.88 bits per heavy atom. The highest BCUT2D eigenvalue weighted by Crippen LogP contribution is 2.22. The molecule has 2 aliphatic rings. The fourth-order valence-electron chi connectivity index (χ4n) is 2.99. The number of anilines is 1. The van der Waals surface area contributed by atoms with E-state index in [1.54, 1.807) is 12.1 Å². The van der Waals surface area contributed by atoms with Crippen LogP contribution >= 0.6 is 0 Å². The third-order valence-corrected chi connectivity index (χ3v) is 4.68. The van der Waals surface area contributed by atoms with Crippen LogP contribution in [-0.2, 0) is 13.0 Å². The second kappa shape index (κ2) is 6.33. The molecule has 1 aliphatic heterocycles. The third kappa shape index (κ3) is 3.28. The fraction of sp³-hybridized carbons (Fsp3) is 0.389. The van der Waals surface area contributed by atoms with E-state index in [0.717, 1.165) is 42.6 Å². The molecule has 1 fully saturated rings. The molecule has 1 aliphatic carbocycles. The minimum absolute atomic E-state index is 0.0978. The summed E-state index contributed by atoms with van der Waals surface area (Å²) in [7, 11) is 0. The van der Waals surface area contributed by atoms with Gasteiger partial charge in [-0.25, -0.2) is 0 Å². The van der Waals surface area contributed by atoms with E-state index in [1.807, 2.05) is 13.0 Å². The van der Waals surface area contributed by atoms with Crippen molar-refractivity contribution in [3.63, 3.8) is 0 Å². The Balaban J connectivity index is 1.54. The summed E-state index contributed by atoms with van der Waals surface area (Å²) in [4.78, 5) is 24.9. The van der Waals surface area contributed by atoms with Crippen LogP contribution in [0.1, 0.15) is 50.5 Å². The molecule has 7 heteroatoms. The molecule has 2 heterocycles. The van der Waals surface area contributed by atoms with E-state index in [-0.39, 0.29) is 11.8 Å². The van der Waals surface area contributed by atoms with Crippen LogP contribution in [0.2, 0.25) is 0 Å². The van der Waals surface area contributed by atoms with Crippen LogP contribution in [0.4, 0.5) is 5.69 Å². The highest BCUT2D eigenvalue weighted by Gasteiger charge is 2.25. The Morgan fingerprint density at radius 2 is 2.08 bits per heavy atom. The summed E-state index contributed by atoms with van der Waals surface area (Å²) in [6, 6.07) is 5.65. The lowest BCUT2D eigenvalue weighted by atomic mass is 10.1. The third-order valence-electron chi connectivity index (χ3n) is 4.68. The Bertz CT molecular complexity index is 838. The maximum Gasteiger partial charge on any atom is 0.276 e. The number of aromatic nitrogens is 2. The Kier molecular flexibility index (Phi) is 4.01. The predicted molar refractivity (Wildman–Crippen MR) is 93.6 cm³/mol. The summed E-state index contributed by atoms with van der Waals surface area (Å²) >= 11 is 0. The van der Waals surface area contributed by atoms with Gasteiger partial charge in [0, 0.05) is 48.1 Å². The topological polar surface area (TPSA) is 98.9 Å². The maximum atomic E-state index is 12.6. The van der Waals surface area contributed by atoms with Gasteiger partial charge in [-0.1, -0.05) is 6.07 Å². The molecule has 2 amide bonds. The molecule has 4 N–H and O–H groups in total. The average Bonchev–Trinajstić information content (AvgIpc) is 3.32. The molecule has 0 atom stereocenters. The van der Waals surface area contributed by atoms with Gasteiger partial charge in [-0.2, -0.15) is 5.10 Å². The minimum Gasteiger partial charge on any atom is -0.349 e. The molecule has 0 saturated heterocycles. The predicted octanol–water partition coefficient (Wildman–Crippen LogP) is 1.51. The van der Waals surface area contributed by atoms with Gasteiger partial charge in [-0.15, -0.1) is 0 Å². The summed E-state index contributed by atoms with van der Waals surface area (Å²) in [6.07, 6.45) is 2.92. The molecule has 7 nitrogen and oxygen atoms in total. The Hall–Kier alpha value is -2.67. The van der Waals surface area contributed by atoms with Gasteiger partial charge in [-0.3, -0.25) is 14.7 Å². The van der Waals surface area contributed by atoms with Crippen molar-refractivity contribution in [3.05, 3.63) is 46.3 Å². The molecule has 0 unspecified atom stereocenters. The summed E-state index contributed by atoms with van der Waals surface area (Å²) in [5, 5.41) is 16.2. The molecule has 0 spiro atoms. The monoisotopic (exact) mass is 339 g/mol. The molecule has 1 aromatic carbocycles. The van der Waals surface area contributed by atoms with Gasteiger partial charge in [0.15, 0.2) is 5.69 Å². The van der Waals surface area contributed by atoms with Crippen LogP contribution in [0.5, 0.6) is 0 Å². The highest BCUT2D eigenvalue weighted by molar-refractivity contribution is 6.05. The number of hydrogen-bond acceptors (Lipinski definition) is 4. The normalized spacial score (nSPS) is 16.2. The fourth-order valence-corrected chi connectivity index (χ4v) is 2.99. The SMILES string of the molecule is Cc1ccc(C(=O)NC2CC2)cc1NC(=O)c1n[nH]c2c1CNCC2. The number of carbonyl (C=O) groups excluding carboxylic acids is 2. The van der Waals surface area contributed by atoms with Crippen LogP contribution in [-0.4, -0.2) is 34.6 Å². The number of aromatic amines is 1. The van der Waals surface area contributed by atoms with Gasteiger partial charge in [0.05, 0.1) is 0 Å². The van der Waals surface area contributed by atoms with Gasteiger partial charge < -0.3 is 16.0 Å². The quantitative estimate of drug-likeness (QED) is 0.678. The van der Waals surface area contributed by atoms with Crippen LogP contribution in [0.15, 0.2) is 18.2 Å². The van der Waals surface area contributed by atoms with Crippen molar-refractivity contribution in [3.8, 4) is 0 Å². The zero-order valence-electron chi connectivity index (χ0n) is 14.1. The lowest BCUT2D eigenvalue weighted by Gasteiger charge is -2.14. The number of fused-ring (bicyclic) bond motifs is 1. The second-order valence-electron chi connectivity index (χ2n) is 6.69. The number of amides is 2. The van der Waals surface area contributed by atoms with Crippen molar-refractivity contribution >= 4 is 17.5 Å². The van der Waals surface area contributed by atoms with E-state index in [4.69, 9.17) is 0 Å². The van der Waals surface area contributed by atoms with E-state index >= 15 is 0 Å². The minimum atomic E-state index is -0.260. The summed E-state index contributed by atoms with van der Waals surface area (Å²) in [6.45, 7) is 3.42. The molecular formula is C18H21N5O2. The van der Waals surface area contributed by atoms with Crippen molar-refractivity contribution < 1.29 is 9.59 Å². The van der Waals surface area contributed by atoms with Gasteiger partial charge in [-0.05, 0) is 37.5 Å². The smallest absolute Gasteiger partial charge is 0.276 e. The Labute approximate surface area is 145 Å². The van der Waals surface area contributed by atoms with Gasteiger partial charge >= 0.3 is 0 Å². The first-order valence-electron chi connectivity index (χ1n) is 8.61. The lowest BCUT2D eigenvalue weighted by Crippen LogP contribution is -2.26. The molecule has 4 rings (SSSR count). The number of aryl methyl sites for hydroxylation is 1. The Morgan fingerprint density at radius 1 is 1.24 bits per heavy atom. The number of nitrogens with one attached hydrogen (secondary N) is 4. The van der Waals surface area contributed by atoms with Crippen molar-refractivity contribution in [2.45, 2.75) is 38.8 Å². The first-order valence-corrected chi connectivity index (χ1v) is 8.61. The standard InChI is InChI=1S/C18H21N5O2/c1-10-2-3-11(17(24)20-12-4-5-12)8-15(10)21-18(25)16-13-9-19-7-6-14(13)22-23-16/h2-3,8,12,19H,4-7,9H2,1H3,(H,20,24)(H,21,25)(H,22,23). The van der Waals surface area contributed by atoms with E-state index in [9.17, 15) is 9.59 Å². The maximum absolute atomic E-state index is 12.6. The van der Waals surface area contributed by atoms with Crippen LogP contribution < -0.4 is 16.0 Å². The van der Waals surface area contributed by atoms with Crippen molar-refractivity contribution in [1.82, 2.24) is 20.8 Å². The molecule has 2 aromatic rings. The van der Waals surface area contributed by atoms with E-state index in [0.29, 0.717) is 29.5 Å². The van der Waals surface area contributed by atoms with E-state index < -0.39 is 0 Å². The molecule has 0 radical (unpaired) electrons. The molecular weight excluding hydrogens is 318 g/mol. The van der Waals surface area contributed by atoms with Crippen LogP contribution in [0.25, 0.3) is 0 Å². The number of H-pyrrole nitrogens is 1. The number of nitrogens with zero attached hydrogens (tertiary/aromatic N) is 1. The lowest BCUT2D eigenvalue weighted by molar-refractivity contribution is 0.0949. The van der Waals surface area contributed by atoms with E-state index in [2.05, 4.69) is 26.1 Å². The highest BCUT2D eigenvalue weighted by atomic mass is 16.2. The molecule has 1 aromatic heterocycles. The summed E-state index contributed by atoms with van der Waals surface area (Å²) < 4.78 is 0. The molecule has 25 heavy (non-hydrogen) atoms. The molecule has 0 bridgehead atoms. The van der Waals surface area contributed by atoms with E-state index in [1.165, 1.54) is 0 Å². The van der Waals surface area contributed by atoms with Gasteiger partial charge in [0.1, 0.15) is 0 Å². The van der Waals surface area contributed by atoms with Gasteiger partial charge in [0.2, 0.25) is 0 Å². The molecule has 130 valence electrons. The number of benzene rings is 1. The number of rotatable bonds is 4. The largest absolute Gasteiger partial charge is 0.349 e. The summed E-state index contributed by atoms with van der Waals surface area (Å²) in [5.41, 5.74) is 4.43.